The van der Waals surface area contributed by atoms with Crippen molar-refractivity contribution in [1.29, 1.82) is 0 Å². The van der Waals surface area contributed by atoms with Gasteiger partial charge in [-0.1, -0.05) is 11.6 Å². The summed E-state index contributed by atoms with van der Waals surface area (Å²) in [7, 11) is 3.91. The molecule has 0 saturated carbocycles. The highest BCUT2D eigenvalue weighted by atomic mass is 35.5. The van der Waals surface area contributed by atoms with Gasteiger partial charge in [0, 0.05) is 43.3 Å². The fourth-order valence-corrected chi connectivity index (χ4v) is 3.13. The summed E-state index contributed by atoms with van der Waals surface area (Å²) < 4.78 is 5.85. The monoisotopic (exact) mass is 374 g/mol. The second-order valence-electron chi connectivity index (χ2n) is 6.66. The molecule has 0 spiro atoms. The summed E-state index contributed by atoms with van der Waals surface area (Å²) in [5.41, 5.74) is 1.66. The van der Waals surface area contributed by atoms with Crippen molar-refractivity contribution in [2.45, 2.75) is 18.6 Å². The number of aliphatic hydroxyl groups excluding tert-OH is 1. The predicted octanol–water partition coefficient (Wildman–Crippen LogP) is 3.06. The first-order chi connectivity index (χ1) is 12.4. The Kier molecular flexibility index (Phi) is 5.69. The predicted molar refractivity (Wildman–Crippen MR) is 103 cm³/mol. The van der Waals surface area contributed by atoms with E-state index in [0.29, 0.717) is 29.3 Å². The van der Waals surface area contributed by atoms with Crippen LogP contribution in [0.25, 0.3) is 0 Å². The van der Waals surface area contributed by atoms with Gasteiger partial charge in [0.05, 0.1) is 6.54 Å². The van der Waals surface area contributed by atoms with Crippen LogP contribution in [0.5, 0.6) is 5.75 Å². The van der Waals surface area contributed by atoms with E-state index in [-0.39, 0.29) is 18.6 Å². The Balaban J connectivity index is 1.60. The van der Waals surface area contributed by atoms with Gasteiger partial charge < -0.3 is 19.6 Å². The highest BCUT2D eigenvalue weighted by molar-refractivity contribution is 6.30. The summed E-state index contributed by atoms with van der Waals surface area (Å²) in [6.07, 6.45) is -0.494. The molecule has 0 aromatic heterocycles. The molecule has 1 heterocycles. The third-order valence-electron chi connectivity index (χ3n) is 4.54. The molecule has 6 heteroatoms. The number of hydrogen-bond donors (Lipinski definition) is 1. The minimum absolute atomic E-state index is 0.0701. The first-order valence-corrected chi connectivity index (χ1v) is 8.99. The van der Waals surface area contributed by atoms with Crippen molar-refractivity contribution in [3.8, 4) is 5.75 Å². The van der Waals surface area contributed by atoms with Crippen LogP contribution in [-0.2, 0) is 0 Å². The third-order valence-corrected chi connectivity index (χ3v) is 4.79. The molecule has 1 aliphatic heterocycles. The van der Waals surface area contributed by atoms with Crippen molar-refractivity contribution >= 4 is 23.2 Å². The fraction of sp³-hybridized carbons (Fsp3) is 0.350. The highest BCUT2D eigenvalue weighted by Gasteiger charge is 2.32. The maximum atomic E-state index is 12.7. The van der Waals surface area contributed by atoms with E-state index in [9.17, 15) is 9.90 Å². The number of anilines is 1. The van der Waals surface area contributed by atoms with Crippen LogP contribution in [0.2, 0.25) is 5.02 Å². The first kappa shape index (κ1) is 18.5. The number of hydrogen-bond acceptors (Lipinski definition) is 4. The number of β-amino-alcohol motifs (C(OH)–C–C–N with tert-alkyl or cyclic N) is 1. The number of amides is 1. The Hall–Kier alpha value is -2.24. The molecule has 2 aromatic carbocycles. The number of carbonyl (C=O) groups excluding carboxylic acids is 1. The van der Waals surface area contributed by atoms with E-state index in [1.807, 2.05) is 43.3 Å². The molecular weight excluding hydrogens is 352 g/mol. The lowest BCUT2D eigenvalue weighted by Crippen LogP contribution is -2.51. The van der Waals surface area contributed by atoms with Crippen LogP contribution >= 0.6 is 11.6 Å². The van der Waals surface area contributed by atoms with Crippen molar-refractivity contribution in [3.63, 3.8) is 0 Å². The van der Waals surface area contributed by atoms with Crippen molar-refractivity contribution in [1.82, 2.24) is 4.90 Å². The zero-order chi connectivity index (χ0) is 18.7. The topological polar surface area (TPSA) is 53.0 Å². The van der Waals surface area contributed by atoms with Gasteiger partial charge in [-0.05, 0) is 48.5 Å². The molecule has 2 aromatic rings. The molecule has 1 saturated heterocycles. The molecule has 1 aliphatic rings. The quantitative estimate of drug-likeness (QED) is 0.893. The van der Waals surface area contributed by atoms with E-state index >= 15 is 0 Å². The van der Waals surface area contributed by atoms with Gasteiger partial charge >= 0.3 is 0 Å². The SMILES string of the molecule is CN(C)c1ccc(C(=O)N2CC[C@@H](Oc3ccc(Cl)cc3)[C@H](O)C2)cc1. The number of benzene rings is 2. The Bertz CT molecular complexity index is 747. The molecule has 0 aliphatic carbocycles. The van der Waals surface area contributed by atoms with Crippen LogP contribution in [0.4, 0.5) is 5.69 Å². The fourth-order valence-electron chi connectivity index (χ4n) is 3.00. The summed E-state index contributed by atoms with van der Waals surface area (Å²) in [5, 5.41) is 11.1. The standard InChI is InChI=1S/C20H23ClN2O3/c1-22(2)16-7-3-14(4-8-16)20(25)23-12-11-19(18(24)13-23)26-17-9-5-15(21)6-10-17/h3-10,18-19,24H,11-13H2,1-2H3/t18-,19-/m1/s1. The van der Waals surface area contributed by atoms with Crippen LogP contribution in [0.3, 0.4) is 0 Å². The van der Waals surface area contributed by atoms with Gasteiger partial charge in [-0.15, -0.1) is 0 Å². The lowest BCUT2D eigenvalue weighted by atomic mass is 10.0. The van der Waals surface area contributed by atoms with Gasteiger partial charge in [0.1, 0.15) is 18.0 Å². The normalized spacial score (nSPS) is 19.9. The second kappa shape index (κ2) is 7.98. The van der Waals surface area contributed by atoms with E-state index in [1.165, 1.54) is 0 Å². The van der Waals surface area contributed by atoms with E-state index in [1.54, 1.807) is 29.2 Å². The smallest absolute Gasteiger partial charge is 0.253 e. The Labute approximate surface area is 158 Å². The van der Waals surface area contributed by atoms with Crippen LogP contribution in [0.1, 0.15) is 16.8 Å². The molecule has 5 nitrogen and oxygen atoms in total. The molecule has 1 fully saturated rings. The number of rotatable bonds is 4. The number of piperidine rings is 1. The molecule has 2 atom stereocenters. The van der Waals surface area contributed by atoms with Crippen molar-refractivity contribution in [2.24, 2.45) is 0 Å². The molecular formula is C20H23ClN2O3. The molecule has 0 bridgehead atoms. The summed E-state index contributed by atoms with van der Waals surface area (Å²) in [4.78, 5) is 16.3. The van der Waals surface area contributed by atoms with Crippen molar-refractivity contribution in [2.75, 3.05) is 32.1 Å². The lowest BCUT2D eigenvalue weighted by Gasteiger charge is -2.36. The van der Waals surface area contributed by atoms with E-state index in [4.69, 9.17) is 16.3 Å². The maximum absolute atomic E-state index is 12.7. The number of ether oxygens (including phenoxy) is 1. The van der Waals surface area contributed by atoms with Crippen LogP contribution in [-0.4, -0.2) is 55.3 Å². The van der Waals surface area contributed by atoms with Crippen LogP contribution in [0.15, 0.2) is 48.5 Å². The van der Waals surface area contributed by atoms with Crippen LogP contribution < -0.4 is 9.64 Å². The molecule has 0 radical (unpaired) electrons. The van der Waals surface area contributed by atoms with Gasteiger partial charge in [0.2, 0.25) is 0 Å². The maximum Gasteiger partial charge on any atom is 0.253 e. The molecule has 26 heavy (non-hydrogen) atoms. The molecule has 3 rings (SSSR count). The van der Waals surface area contributed by atoms with Gasteiger partial charge in [0.15, 0.2) is 0 Å². The summed E-state index contributed by atoms with van der Waals surface area (Å²) in [6.45, 7) is 0.802. The number of nitrogens with zero attached hydrogens (tertiary/aromatic N) is 2. The molecule has 1 amide bonds. The molecule has 1 N–H and O–H groups in total. The minimum Gasteiger partial charge on any atom is -0.488 e. The average Bonchev–Trinajstić information content (AvgIpc) is 2.64. The van der Waals surface area contributed by atoms with Gasteiger partial charge in [-0.25, -0.2) is 0 Å². The van der Waals surface area contributed by atoms with E-state index < -0.39 is 6.10 Å². The Morgan fingerprint density at radius 3 is 2.38 bits per heavy atom. The highest BCUT2D eigenvalue weighted by Crippen LogP contribution is 2.23. The summed E-state index contributed by atoms with van der Waals surface area (Å²) in [6, 6.07) is 14.5. The number of aliphatic hydroxyl groups is 1. The van der Waals surface area contributed by atoms with E-state index in [0.717, 1.165) is 5.69 Å². The zero-order valence-electron chi connectivity index (χ0n) is 14.9. The third kappa shape index (κ3) is 4.29. The van der Waals surface area contributed by atoms with Crippen LogP contribution in [0, 0.1) is 0 Å². The minimum atomic E-state index is -0.732. The zero-order valence-corrected chi connectivity index (χ0v) is 15.7. The van der Waals surface area contributed by atoms with Gasteiger partial charge in [0.25, 0.3) is 5.91 Å². The van der Waals surface area contributed by atoms with Gasteiger partial charge in [-0.2, -0.15) is 0 Å². The average molecular weight is 375 g/mol. The Morgan fingerprint density at radius 1 is 1.15 bits per heavy atom. The number of halogens is 1. The largest absolute Gasteiger partial charge is 0.488 e. The Morgan fingerprint density at radius 2 is 1.81 bits per heavy atom. The first-order valence-electron chi connectivity index (χ1n) is 8.61. The van der Waals surface area contributed by atoms with E-state index in [2.05, 4.69) is 0 Å². The van der Waals surface area contributed by atoms with Crippen molar-refractivity contribution in [3.05, 3.63) is 59.1 Å². The number of carbonyl (C=O) groups is 1. The molecule has 0 unspecified atom stereocenters. The molecule has 138 valence electrons. The van der Waals surface area contributed by atoms with Gasteiger partial charge in [-0.3, -0.25) is 4.79 Å². The second-order valence-corrected chi connectivity index (χ2v) is 7.10. The lowest BCUT2D eigenvalue weighted by molar-refractivity contribution is -0.0198. The van der Waals surface area contributed by atoms with Crippen molar-refractivity contribution < 1.29 is 14.6 Å². The number of likely N-dealkylation sites (tertiary alicyclic amines) is 1. The summed E-state index contributed by atoms with van der Waals surface area (Å²) in [5.74, 6) is 0.594. The summed E-state index contributed by atoms with van der Waals surface area (Å²) >= 11 is 5.87.